The van der Waals surface area contributed by atoms with Crippen LogP contribution in [0.5, 0.6) is 0 Å². The second-order valence-corrected chi connectivity index (χ2v) is 9.04. The third kappa shape index (κ3) is 4.76. The van der Waals surface area contributed by atoms with E-state index in [4.69, 9.17) is 23.7 Å². The summed E-state index contributed by atoms with van der Waals surface area (Å²) in [4.78, 5) is 0. The zero-order valence-electron chi connectivity index (χ0n) is 20.2. The lowest BCUT2D eigenvalue weighted by Gasteiger charge is -2.49. The molecule has 7 heteroatoms. The van der Waals surface area contributed by atoms with Crippen molar-refractivity contribution in [2.75, 3.05) is 35.0 Å². The Labute approximate surface area is 201 Å². The van der Waals surface area contributed by atoms with Crippen molar-refractivity contribution in [1.82, 2.24) is 0 Å². The number of nitriles is 1. The largest absolute Gasteiger partial charge is 0.382 e. The first-order valence-electron chi connectivity index (χ1n) is 11.6. The summed E-state index contributed by atoms with van der Waals surface area (Å²) >= 11 is 0. The fraction of sp³-hybridized carbons (Fsp3) is 0.519. The fourth-order valence-corrected chi connectivity index (χ4v) is 4.95. The predicted octanol–water partition coefficient (Wildman–Crippen LogP) is 3.26. The zero-order chi connectivity index (χ0) is 24.3. The normalized spacial score (nSPS) is 29.1. The van der Waals surface area contributed by atoms with E-state index in [1.54, 1.807) is 33.5 Å². The number of hydrogen-bond donors (Lipinski definition) is 1. The lowest BCUT2D eigenvalue weighted by atomic mass is 9.86. The van der Waals surface area contributed by atoms with Crippen molar-refractivity contribution in [2.24, 2.45) is 0 Å². The maximum absolute atomic E-state index is 11.9. The highest BCUT2D eigenvalue weighted by atomic mass is 16.7. The number of methoxy groups -OCH3 is 4. The summed E-state index contributed by atoms with van der Waals surface area (Å²) in [6.45, 7) is 0.202. The first-order chi connectivity index (χ1) is 16.5. The Balaban J connectivity index is 1.69. The van der Waals surface area contributed by atoms with Gasteiger partial charge < -0.3 is 28.8 Å². The van der Waals surface area contributed by atoms with Gasteiger partial charge >= 0.3 is 0 Å². The molecule has 182 valence electrons. The van der Waals surface area contributed by atoms with Gasteiger partial charge in [0.25, 0.3) is 0 Å². The minimum absolute atomic E-state index is 0.202. The third-order valence-corrected chi connectivity index (χ3v) is 6.90. The van der Waals surface area contributed by atoms with Crippen LogP contribution in [0.4, 0.5) is 0 Å². The maximum Gasteiger partial charge on any atom is 0.222 e. The van der Waals surface area contributed by atoms with Gasteiger partial charge in [0.05, 0.1) is 18.2 Å². The Morgan fingerprint density at radius 3 is 2.26 bits per heavy atom. The van der Waals surface area contributed by atoms with Gasteiger partial charge in [0.1, 0.15) is 24.4 Å². The minimum Gasteiger partial charge on any atom is -0.382 e. The minimum atomic E-state index is -1.83. The van der Waals surface area contributed by atoms with Gasteiger partial charge in [0.15, 0.2) is 0 Å². The molecule has 0 unspecified atom stereocenters. The van der Waals surface area contributed by atoms with Gasteiger partial charge in [0.2, 0.25) is 5.79 Å². The number of hydrogen-bond acceptors (Lipinski definition) is 7. The second kappa shape index (κ2) is 10.5. The van der Waals surface area contributed by atoms with Gasteiger partial charge in [0, 0.05) is 34.0 Å². The van der Waals surface area contributed by atoms with Gasteiger partial charge in [-0.15, -0.1) is 0 Å². The third-order valence-electron chi connectivity index (χ3n) is 6.90. The maximum atomic E-state index is 11.9. The molecule has 0 spiro atoms. The van der Waals surface area contributed by atoms with Crippen molar-refractivity contribution < 1.29 is 28.8 Å². The molecule has 1 N–H and O–H groups in total. The summed E-state index contributed by atoms with van der Waals surface area (Å²) in [7, 11) is 6.18. The van der Waals surface area contributed by atoms with Crippen LogP contribution in [0.1, 0.15) is 46.6 Å². The Bertz CT molecular complexity index is 1010. The van der Waals surface area contributed by atoms with E-state index >= 15 is 0 Å². The van der Waals surface area contributed by atoms with E-state index in [1.165, 1.54) is 25.5 Å². The molecule has 0 radical (unpaired) electrons. The lowest BCUT2D eigenvalue weighted by Crippen LogP contribution is -2.65. The van der Waals surface area contributed by atoms with E-state index in [0.717, 1.165) is 11.1 Å². The van der Waals surface area contributed by atoms with Crippen LogP contribution in [0, 0.1) is 11.3 Å². The quantitative estimate of drug-likeness (QED) is 0.605. The van der Waals surface area contributed by atoms with Crippen LogP contribution < -0.4 is 0 Å². The van der Waals surface area contributed by atoms with Crippen molar-refractivity contribution in [3.8, 4) is 6.07 Å². The summed E-state index contributed by atoms with van der Waals surface area (Å²) in [5.41, 5.74) is 4.31. The summed E-state index contributed by atoms with van der Waals surface area (Å²) in [6, 6.07) is 16.1. The molecule has 0 amide bonds. The number of aliphatic hydroxyl groups is 1. The highest BCUT2D eigenvalue weighted by molar-refractivity contribution is 5.45. The Morgan fingerprint density at radius 1 is 1.00 bits per heavy atom. The van der Waals surface area contributed by atoms with Gasteiger partial charge in [-0.25, -0.2) is 0 Å². The zero-order valence-corrected chi connectivity index (χ0v) is 20.2. The van der Waals surface area contributed by atoms with Crippen molar-refractivity contribution in [1.29, 1.82) is 5.26 Å². The highest BCUT2D eigenvalue weighted by Crippen LogP contribution is 2.41. The van der Waals surface area contributed by atoms with E-state index in [1.807, 2.05) is 6.07 Å². The molecular formula is C27H33NO6. The van der Waals surface area contributed by atoms with Crippen LogP contribution in [0.2, 0.25) is 0 Å². The van der Waals surface area contributed by atoms with Crippen molar-refractivity contribution in [3.05, 3.63) is 70.3 Å². The van der Waals surface area contributed by atoms with Crippen molar-refractivity contribution in [2.45, 2.75) is 55.4 Å². The molecule has 2 aromatic carbocycles. The predicted molar refractivity (Wildman–Crippen MR) is 125 cm³/mol. The molecule has 5 atom stereocenters. The molecule has 0 aromatic heterocycles. The lowest BCUT2D eigenvalue weighted by molar-refractivity contribution is -0.367. The summed E-state index contributed by atoms with van der Waals surface area (Å²) < 4.78 is 28.5. The van der Waals surface area contributed by atoms with Gasteiger partial charge in [-0.05, 0) is 54.0 Å². The molecule has 4 rings (SSSR count). The summed E-state index contributed by atoms with van der Waals surface area (Å²) in [5, 5.41) is 21.6. The number of ether oxygens (including phenoxy) is 5. The highest BCUT2D eigenvalue weighted by Gasteiger charge is 2.56. The number of rotatable bonds is 9. The summed E-state index contributed by atoms with van der Waals surface area (Å²) in [6.07, 6.45) is 0.511. The van der Waals surface area contributed by atoms with Crippen LogP contribution in [-0.4, -0.2) is 64.6 Å². The number of benzene rings is 2. The van der Waals surface area contributed by atoms with Gasteiger partial charge in [-0.1, -0.05) is 30.3 Å². The monoisotopic (exact) mass is 467 g/mol. The molecule has 2 aliphatic rings. The Morgan fingerprint density at radius 2 is 1.71 bits per heavy atom. The fourth-order valence-electron chi connectivity index (χ4n) is 4.95. The Hall–Kier alpha value is -2.31. The smallest absolute Gasteiger partial charge is 0.222 e. The summed E-state index contributed by atoms with van der Waals surface area (Å²) in [5.74, 6) is -1.13. The molecule has 1 saturated heterocycles. The molecule has 1 aliphatic carbocycles. The van der Waals surface area contributed by atoms with E-state index in [2.05, 4.69) is 30.3 Å². The van der Waals surface area contributed by atoms with Crippen molar-refractivity contribution in [3.63, 3.8) is 0 Å². The number of nitrogens with zero attached hydrogens (tertiary/aromatic N) is 1. The van der Waals surface area contributed by atoms with Crippen LogP contribution >= 0.6 is 0 Å². The van der Waals surface area contributed by atoms with E-state index in [9.17, 15) is 10.4 Å². The van der Waals surface area contributed by atoms with Crippen LogP contribution in [0.15, 0.2) is 42.5 Å². The van der Waals surface area contributed by atoms with Crippen molar-refractivity contribution >= 4 is 0 Å². The average Bonchev–Trinajstić information content (AvgIpc) is 3.70. The molecule has 0 bridgehead atoms. The van der Waals surface area contributed by atoms with E-state index in [0.29, 0.717) is 23.5 Å². The molecular weight excluding hydrogens is 434 g/mol. The molecule has 7 nitrogen and oxygen atoms in total. The molecule has 1 aliphatic heterocycles. The first-order valence-corrected chi connectivity index (χ1v) is 11.6. The van der Waals surface area contributed by atoms with E-state index in [-0.39, 0.29) is 6.61 Å². The van der Waals surface area contributed by atoms with E-state index < -0.39 is 30.2 Å². The molecule has 1 saturated carbocycles. The van der Waals surface area contributed by atoms with Crippen LogP contribution in [0.3, 0.4) is 0 Å². The van der Waals surface area contributed by atoms with Crippen LogP contribution in [0.25, 0.3) is 0 Å². The Kier molecular flexibility index (Phi) is 7.68. The molecule has 2 aromatic rings. The van der Waals surface area contributed by atoms with Crippen LogP contribution in [-0.2, 0) is 35.9 Å². The topological polar surface area (TPSA) is 90.2 Å². The molecule has 34 heavy (non-hydrogen) atoms. The van der Waals surface area contributed by atoms with Gasteiger partial charge in [-0.3, -0.25) is 0 Å². The second-order valence-electron chi connectivity index (χ2n) is 9.04. The average molecular weight is 468 g/mol. The molecule has 2 fully saturated rings. The first kappa shape index (κ1) is 24.8. The molecule has 1 heterocycles. The SMILES string of the molecule is COC[C@H]1O[C@@](O)(c2ccc(C#N)c(Cc3ccc(C4CC4)cc3)c2)[C@H](OC)[C@@H](OC)[C@@H]1OC. The van der Waals surface area contributed by atoms with Gasteiger partial charge in [-0.2, -0.15) is 5.26 Å². The standard InChI is InChI=1S/C27H33NO6/c1-30-16-23-24(31-2)25(32-3)26(33-4)27(29,34-23)22-12-11-20(15-28)21(14-22)13-17-5-7-18(8-6-17)19-9-10-19/h5-8,11-12,14,19,23-26,29H,9-10,13,16H2,1-4H3/t23-,24-,25+,26-,27+/m1/s1.